The van der Waals surface area contributed by atoms with Crippen LogP contribution in [0.15, 0.2) is 78.9 Å². The van der Waals surface area contributed by atoms with Crippen molar-refractivity contribution in [1.29, 1.82) is 10.5 Å². The first-order chi connectivity index (χ1) is 20.9. The van der Waals surface area contributed by atoms with E-state index < -0.39 is 11.4 Å². The Kier molecular flexibility index (Phi) is 7.77. The minimum Gasteiger partial charge on any atom is -0.378 e. The summed E-state index contributed by atoms with van der Waals surface area (Å²) in [6, 6.07) is 20.7. The molecule has 0 spiro atoms. The minimum atomic E-state index is -1.37. The van der Waals surface area contributed by atoms with Gasteiger partial charge >= 0.3 is 0 Å². The van der Waals surface area contributed by atoms with Gasteiger partial charge in [0.25, 0.3) is 0 Å². The summed E-state index contributed by atoms with van der Waals surface area (Å²) in [5.74, 6) is -0.624. The van der Waals surface area contributed by atoms with E-state index in [1.54, 1.807) is 12.1 Å². The molecule has 9 nitrogen and oxygen atoms in total. The topological polar surface area (TPSA) is 125 Å². The molecule has 2 atom stereocenters. The summed E-state index contributed by atoms with van der Waals surface area (Å²) in [5.41, 5.74) is 8.86. The Labute approximate surface area is 254 Å². The molecule has 2 aliphatic rings. The number of nitrogens with zero attached hydrogens (tertiary/aromatic N) is 5. The average molecular weight is 590 g/mol. The summed E-state index contributed by atoms with van der Waals surface area (Å²) in [7, 11) is 7.06. The zero-order chi connectivity index (χ0) is 30.0. The molecule has 1 aliphatic heterocycles. The van der Waals surface area contributed by atoms with Crippen LogP contribution < -0.4 is 21.6 Å². The molecule has 6 rings (SSSR count). The lowest BCUT2D eigenvalue weighted by Gasteiger charge is -2.34. The van der Waals surface area contributed by atoms with E-state index in [1.165, 1.54) is 18.5 Å². The van der Waals surface area contributed by atoms with E-state index in [-0.39, 0.29) is 6.04 Å². The molecule has 1 saturated carbocycles. The Bertz CT molecular complexity index is 1770. The summed E-state index contributed by atoms with van der Waals surface area (Å²) in [5, 5.41) is 29.1. The van der Waals surface area contributed by atoms with Crippen molar-refractivity contribution < 1.29 is 4.39 Å². The third-order valence-corrected chi connectivity index (χ3v) is 7.88. The first kappa shape index (κ1) is 28.3. The van der Waals surface area contributed by atoms with Gasteiger partial charge in [0.15, 0.2) is 0 Å². The monoisotopic (exact) mass is 589 g/mol. The van der Waals surface area contributed by atoms with Crippen molar-refractivity contribution in [2.75, 3.05) is 10.6 Å². The van der Waals surface area contributed by atoms with Crippen LogP contribution in [0.1, 0.15) is 48.4 Å². The van der Waals surface area contributed by atoms with Gasteiger partial charge in [-0.25, -0.2) is 4.98 Å². The third kappa shape index (κ3) is 5.78. The number of aromatic nitrogens is 2. The normalized spacial score (nSPS) is 16.4. The number of halogens is 2. The summed E-state index contributed by atoms with van der Waals surface area (Å²) in [6.45, 7) is 0. The number of hydrogen-bond donors (Lipinski definition) is 4. The number of nitriles is 2. The first-order valence-electron chi connectivity index (χ1n) is 13.8. The highest BCUT2D eigenvalue weighted by Crippen LogP contribution is 2.39. The number of hydrazine groups is 2. The second kappa shape index (κ2) is 11.8. The van der Waals surface area contributed by atoms with Gasteiger partial charge in [0.1, 0.15) is 13.9 Å². The van der Waals surface area contributed by atoms with E-state index in [4.69, 9.17) is 19.4 Å². The fourth-order valence-electron chi connectivity index (χ4n) is 5.17. The fraction of sp³-hybridized carbons (Fsp3) is 0.226. The maximum absolute atomic E-state index is 13.8. The van der Waals surface area contributed by atoms with E-state index in [0.29, 0.717) is 63.0 Å². The van der Waals surface area contributed by atoms with E-state index in [9.17, 15) is 14.9 Å². The Morgan fingerprint density at radius 2 is 1.95 bits per heavy atom. The zero-order valence-electron chi connectivity index (χ0n) is 23.0. The van der Waals surface area contributed by atoms with Gasteiger partial charge in [-0.3, -0.25) is 9.99 Å². The highest BCUT2D eigenvalue weighted by Gasteiger charge is 2.38. The zero-order valence-corrected chi connectivity index (χ0v) is 23.7. The van der Waals surface area contributed by atoms with Crippen molar-refractivity contribution in [1.82, 2.24) is 25.9 Å². The van der Waals surface area contributed by atoms with Crippen LogP contribution in [0.5, 0.6) is 0 Å². The van der Waals surface area contributed by atoms with E-state index in [0.717, 1.165) is 18.4 Å². The van der Waals surface area contributed by atoms with Gasteiger partial charge in [-0.1, -0.05) is 48.0 Å². The lowest BCUT2D eigenvalue weighted by atomic mass is 9.70. The lowest BCUT2D eigenvalue weighted by molar-refractivity contribution is 0.260. The molecule has 2 aromatic heterocycles. The second-order valence-electron chi connectivity index (χ2n) is 10.5. The third-order valence-electron chi connectivity index (χ3n) is 7.59. The number of hydrogen-bond acceptors (Lipinski definition) is 9. The molecular weight excluding hydrogens is 564 g/mol. The molecule has 3 heterocycles. The van der Waals surface area contributed by atoms with E-state index >= 15 is 0 Å². The molecule has 1 aliphatic carbocycles. The van der Waals surface area contributed by atoms with Crippen LogP contribution in [0.2, 0.25) is 5.02 Å². The van der Waals surface area contributed by atoms with Crippen molar-refractivity contribution in [2.45, 2.75) is 43.2 Å². The van der Waals surface area contributed by atoms with Crippen LogP contribution in [0, 0.1) is 28.6 Å². The molecule has 4 aromatic rings. The maximum atomic E-state index is 13.8. The van der Waals surface area contributed by atoms with Gasteiger partial charge in [-0.15, -0.1) is 5.53 Å². The summed E-state index contributed by atoms with van der Waals surface area (Å²) >= 11 is 6.79. The van der Waals surface area contributed by atoms with Gasteiger partial charge in [0.2, 0.25) is 5.95 Å². The first-order valence-corrected chi connectivity index (χ1v) is 14.2. The maximum Gasteiger partial charge on any atom is 0.212 e. The Morgan fingerprint density at radius 3 is 2.65 bits per heavy atom. The number of fused-ring (bicyclic) bond motifs is 1. The highest BCUT2D eigenvalue weighted by molar-refractivity contribution is 6.36. The number of rotatable bonds is 10. The van der Waals surface area contributed by atoms with Gasteiger partial charge in [0.05, 0.1) is 45.0 Å². The summed E-state index contributed by atoms with van der Waals surface area (Å²) in [4.78, 5) is 8.31. The van der Waals surface area contributed by atoms with Crippen LogP contribution in [-0.4, -0.2) is 28.9 Å². The van der Waals surface area contributed by atoms with Crippen LogP contribution in [0.25, 0.3) is 10.9 Å². The van der Waals surface area contributed by atoms with Gasteiger partial charge in [0, 0.05) is 42.1 Å². The summed E-state index contributed by atoms with van der Waals surface area (Å²) < 4.78 is 13.8. The van der Waals surface area contributed by atoms with Crippen LogP contribution in [0.3, 0.4) is 0 Å². The minimum absolute atomic E-state index is 0.250. The SMILES string of the molecule is [B]C(Nc1cc(Cl)c2ncc(C#N)c(N[C@H](CCC#N)c3ccccc3)c2c1)(C1=CN(C2CC2)NN1)c1ccc(F)nc1. The number of anilines is 2. The van der Waals surface area contributed by atoms with Crippen LogP contribution in [-0.2, 0) is 5.44 Å². The second-order valence-corrected chi connectivity index (χ2v) is 10.9. The Hall–Kier alpha value is -4.84. The quantitative estimate of drug-likeness (QED) is 0.140. The number of nitrogens with one attached hydrogen (secondary N) is 4. The molecule has 12 heteroatoms. The molecule has 2 aromatic carbocycles. The van der Waals surface area contributed by atoms with Crippen molar-refractivity contribution in [2.24, 2.45) is 0 Å². The molecule has 1 fully saturated rings. The standard InChI is InChI=1S/C31H26BClFN9/c32-31(21-8-11-28(34)37-17-21,27-18-43(42-41-27)23-9-10-23)40-22-13-24-29(20(15-36)16-38-30(24)25(33)14-22)39-26(7-4-12-35)19-5-2-1-3-6-19/h1-3,5-6,8,11,13-14,16-18,23,26,40-42H,4,7,9-10H2,(H,38,39)/t26-,31?/m1/s1. The fourth-order valence-corrected chi connectivity index (χ4v) is 5.44. The molecule has 212 valence electrons. The predicted octanol–water partition coefficient (Wildman–Crippen LogP) is 5.51. The van der Waals surface area contributed by atoms with Crippen LogP contribution in [0.4, 0.5) is 15.8 Å². The van der Waals surface area contributed by atoms with Gasteiger partial charge in [-0.2, -0.15) is 14.9 Å². The molecule has 43 heavy (non-hydrogen) atoms. The smallest absolute Gasteiger partial charge is 0.212 e. The molecular formula is C31H26BClFN9. The average Bonchev–Trinajstić information content (AvgIpc) is 3.75. The van der Waals surface area contributed by atoms with Crippen molar-refractivity contribution in [3.63, 3.8) is 0 Å². The van der Waals surface area contributed by atoms with Crippen LogP contribution >= 0.6 is 11.6 Å². The van der Waals surface area contributed by atoms with E-state index in [1.807, 2.05) is 47.6 Å². The molecule has 1 unspecified atom stereocenters. The molecule has 0 amide bonds. The molecule has 0 bridgehead atoms. The number of benzene rings is 2. The van der Waals surface area contributed by atoms with Crippen molar-refractivity contribution in [3.8, 4) is 12.1 Å². The Balaban J connectivity index is 1.44. The largest absolute Gasteiger partial charge is 0.378 e. The lowest BCUT2D eigenvalue weighted by Crippen LogP contribution is -2.45. The predicted molar refractivity (Wildman–Crippen MR) is 164 cm³/mol. The van der Waals surface area contributed by atoms with Gasteiger partial charge < -0.3 is 16.1 Å². The van der Waals surface area contributed by atoms with Gasteiger partial charge in [-0.05, 0) is 48.6 Å². The summed E-state index contributed by atoms with van der Waals surface area (Å²) in [6.07, 6.45) is 7.72. The highest BCUT2D eigenvalue weighted by atomic mass is 35.5. The van der Waals surface area contributed by atoms with E-state index in [2.05, 4.69) is 43.7 Å². The number of pyridine rings is 2. The molecule has 4 N–H and O–H groups in total. The van der Waals surface area contributed by atoms with Crippen molar-refractivity contribution >= 4 is 41.7 Å². The molecule has 0 saturated heterocycles. The Morgan fingerprint density at radius 1 is 1.14 bits per heavy atom. The van der Waals surface area contributed by atoms with Crippen molar-refractivity contribution in [3.05, 3.63) is 107 Å². The molecule has 2 radical (unpaired) electrons.